The Hall–Kier alpha value is -0.440. The largest absolute Gasteiger partial charge is 0.394 e. The lowest BCUT2D eigenvalue weighted by atomic mass is 9.84. The normalized spacial score (nSPS) is 51.4. The van der Waals surface area contributed by atoms with Crippen LogP contribution in [0.2, 0.25) is 0 Å². The number of aliphatic hydroxyl groups is 6. The molecule has 24 heavy (non-hydrogen) atoms. The quantitative estimate of drug-likeness (QED) is 0.232. The predicted molar refractivity (Wildman–Crippen MR) is 79.2 cm³/mol. The summed E-state index contributed by atoms with van der Waals surface area (Å²) in [5.74, 6) is 0. The van der Waals surface area contributed by atoms with Crippen molar-refractivity contribution in [3.8, 4) is 0 Å². The fourth-order valence-corrected chi connectivity index (χ4v) is 3.08. The first kappa shape index (κ1) is 19.9. The predicted octanol–water partition coefficient (Wildman–Crippen LogP) is -5.72. The Morgan fingerprint density at radius 1 is 0.958 bits per heavy atom. The van der Waals surface area contributed by atoms with Gasteiger partial charge in [0.1, 0.15) is 36.6 Å². The molecule has 0 amide bonds. The van der Waals surface area contributed by atoms with E-state index in [1.165, 1.54) is 0 Å². The second-order valence-electron chi connectivity index (χ2n) is 6.42. The molecule has 11 nitrogen and oxygen atoms in total. The maximum Gasteiger partial charge on any atom is 0.176 e. The van der Waals surface area contributed by atoms with E-state index in [4.69, 9.17) is 31.8 Å². The zero-order valence-electron chi connectivity index (χ0n) is 13.0. The minimum Gasteiger partial charge on any atom is -0.394 e. The molecule has 1 saturated heterocycles. The standard InChI is InChI=1S/C13H27N3O8/c14-3-1-4(15)11(9(21)7(3)19)23-13-6(16)8(20)10(22)12(24-13)5(18)2-17/h3-13,17-22H,1-2,14-16H2/t3?,4?,5-,6?,7?,8?,9?,10?,11?,12?,13?/m1/s1. The molecule has 11 heteroatoms. The van der Waals surface area contributed by atoms with E-state index in [-0.39, 0.29) is 6.42 Å². The SMILES string of the molecule is NC1CC(N)C(OC2OC([C@H](O)CO)C(O)C(O)C2N)C(O)C1O. The van der Waals surface area contributed by atoms with E-state index < -0.39 is 73.8 Å². The molecular weight excluding hydrogens is 326 g/mol. The van der Waals surface area contributed by atoms with Crippen LogP contribution >= 0.6 is 0 Å². The van der Waals surface area contributed by atoms with Crippen molar-refractivity contribution in [3.63, 3.8) is 0 Å². The summed E-state index contributed by atoms with van der Waals surface area (Å²) in [6.45, 7) is -0.713. The molecule has 142 valence electrons. The maximum atomic E-state index is 10.1. The van der Waals surface area contributed by atoms with E-state index in [0.29, 0.717) is 0 Å². The van der Waals surface area contributed by atoms with Crippen LogP contribution in [0, 0.1) is 0 Å². The lowest BCUT2D eigenvalue weighted by Gasteiger charge is -2.46. The minimum atomic E-state index is -1.54. The molecule has 10 unspecified atom stereocenters. The van der Waals surface area contributed by atoms with Crippen LogP contribution in [0.3, 0.4) is 0 Å². The summed E-state index contributed by atoms with van der Waals surface area (Å²) >= 11 is 0. The molecule has 0 aromatic carbocycles. The van der Waals surface area contributed by atoms with Crippen molar-refractivity contribution >= 4 is 0 Å². The Bertz CT molecular complexity index is 419. The van der Waals surface area contributed by atoms with Crippen LogP contribution < -0.4 is 17.2 Å². The van der Waals surface area contributed by atoms with Gasteiger partial charge in [-0.1, -0.05) is 0 Å². The summed E-state index contributed by atoms with van der Waals surface area (Å²) in [6, 6.07) is -2.64. The number of rotatable bonds is 4. The summed E-state index contributed by atoms with van der Waals surface area (Å²) in [6.07, 6.45) is -10.7. The smallest absolute Gasteiger partial charge is 0.176 e. The van der Waals surface area contributed by atoms with Gasteiger partial charge in [-0.3, -0.25) is 0 Å². The summed E-state index contributed by atoms with van der Waals surface area (Å²) < 4.78 is 10.9. The van der Waals surface area contributed by atoms with Crippen molar-refractivity contribution in [2.24, 2.45) is 17.2 Å². The first-order valence-electron chi connectivity index (χ1n) is 7.77. The third-order valence-electron chi connectivity index (χ3n) is 4.64. The molecular formula is C13H27N3O8. The first-order chi connectivity index (χ1) is 11.2. The summed E-state index contributed by atoms with van der Waals surface area (Å²) in [7, 11) is 0. The highest BCUT2D eigenvalue weighted by molar-refractivity contribution is 5.00. The van der Waals surface area contributed by atoms with Gasteiger partial charge in [0.25, 0.3) is 0 Å². The van der Waals surface area contributed by atoms with E-state index >= 15 is 0 Å². The van der Waals surface area contributed by atoms with Gasteiger partial charge in [-0.05, 0) is 6.42 Å². The zero-order valence-corrected chi connectivity index (χ0v) is 13.0. The highest BCUT2D eigenvalue weighted by Crippen LogP contribution is 2.28. The highest BCUT2D eigenvalue weighted by atomic mass is 16.7. The molecule has 1 heterocycles. The Morgan fingerprint density at radius 3 is 2.17 bits per heavy atom. The second kappa shape index (κ2) is 7.85. The third-order valence-corrected chi connectivity index (χ3v) is 4.64. The molecule has 2 fully saturated rings. The van der Waals surface area contributed by atoms with Crippen LogP contribution in [0.25, 0.3) is 0 Å². The molecule has 0 bridgehead atoms. The Balaban J connectivity index is 2.12. The molecule has 0 radical (unpaired) electrons. The first-order valence-corrected chi connectivity index (χ1v) is 7.77. The van der Waals surface area contributed by atoms with Crippen LogP contribution in [-0.4, -0.2) is 104 Å². The fraction of sp³-hybridized carbons (Fsp3) is 1.00. The van der Waals surface area contributed by atoms with Gasteiger partial charge in [0.15, 0.2) is 6.29 Å². The lowest BCUT2D eigenvalue weighted by Crippen LogP contribution is -2.68. The van der Waals surface area contributed by atoms with Gasteiger partial charge in [-0.2, -0.15) is 0 Å². The van der Waals surface area contributed by atoms with E-state index in [1.54, 1.807) is 0 Å². The van der Waals surface area contributed by atoms with E-state index in [1.807, 2.05) is 0 Å². The number of ether oxygens (including phenoxy) is 2. The van der Waals surface area contributed by atoms with Gasteiger partial charge in [0, 0.05) is 12.1 Å². The Labute approximate surface area is 138 Å². The molecule has 1 aliphatic carbocycles. The van der Waals surface area contributed by atoms with Crippen molar-refractivity contribution in [2.75, 3.05) is 6.61 Å². The summed E-state index contributed by atoms with van der Waals surface area (Å²) in [5, 5.41) is 58.6. The lowest BCUT2D eigenvalue weighted by molar-refractivity contribution is -0.303. The maximum absolute atomic E-state index is 10.1. The number of hydrogen-bond donors (Lipinski definition) is 9. The third kappa shape index (κ3) is 3.71. The molecule has 2 rings (SSSR count). The van der Waals surface area contributed by atoms with Crippen molar-refractivity contribution in [2.45, 2.75) is 73.6 Å². The van der Waals surface area contributed by atoms with Crippen molar-refractivity contribution in [1.82, 2.24) is 0 Å². The molecule has 12 N–H and O–H groups in total. The van der Waals surface area contributed by atoms with Crippen LogP contribution in [0.4, 0.5) is 0 Å². The molecule has 11 atom stereocenters. The van der Waals surface area contributed by atoms with Crippen LogP contribution in [0.5, 0.6) is 0 Å². The van der Waals surface area contributed by atoms with Gasteiger partial charge in [-0.25, -0.2) is 0 Å². The number of hydrogen-bond acceptors (Lipinski definition) is 11. The summed E-state index contributed by atoms with van der Waals surface area (Å²) in [4.78, 5) is 0. The highest BCUT2D eigenvalue weighted by Gasteiger charge is 2.49. The Kier molecular flexibility index (Phi) is 6.50. The van der Waals surface area contributed by atoms with Crippen LogP contribution in [0.1, 0.15) is 6.42 Å². The van der Waals surface area contributed by atoms with E-state index in [2.05, 4.69) is 0 Å². The molecule has 2 aliphatic rings. The van der Waals surface area contributed by atoms with Gasteiger partial charge >= 0.3 is 0 Å². The minimum absolute atomic E-state index is 0.179. The van der Waals surface area contributed by atoms with Crippen LogP contribution in [-0.2, 0) is 9.47 Å². The van der Waals surface area contributed by atoms with Gasteiger partial charge in [0.05, 0.1) is 18.8 Å². The molecule has 1 aliphatic heterocycles. The van der Waals surface area contributed by atoms with Crippen LogP contribution in [0.15, 0.2) is 0 Å². The molecule has 0 spiro atoms. The van der Waals surface area contributed by atoms with Gasteiger partial charge < -0.3 is 57.3 Å². The fourth-order valence-electron chi connectivity index (χ4n) is 3.08. The monoisotopic (exact) mass is 353 g/mol. The average Bonchev–Trinajstić information content (AvgIpc) is 2.55. The van der Waals surface area contributed by atoms with Gasteiger partial charge in [0.2, 0.25) is 0 Å². The van der Waals surface area contributed by atoms with Gasteiger partial charge in [-0.15, -0.1) is 0 Å². The topological polar surface area (TPSA) is 218 Å². The van der Waals surface area contributed by atoms with E-state index in [9.17, 15) is 25.5 Å². The zero-order chi connectivity index (χ0) is 18.2. The molecule has 0 aromatic rings. The van der Waals surface area contributed by atoms with Crippen molar-refractivity contribution < 1.29 is 40.1 Å². The number of nitrogens with two attached hydrogens (primary N) is 3. The average molecular weight is 353 g/mol. The summed E-state index contributed by atoms with van der Waals surface area (Å²) in [5.41, 5.74) is 17.3. The second-order valence-corrected chi connectivity index (χ2v) is 6.42. The number of aliphatic hydroxyl groups excluding tert-OH is 6. The Morgan fingerprint density at radius 2 is 1.58 bits per heavy atom. The van der Waals surface area contributed by atoms with E-state index in [0.717, 1.165) is 0 Å². The van der Waals surface area contributed by atoms with Crippen molar-refractivity contribution in [3.05, 3.63) is 0 Å². The van der Waals surface area contributed by atoms with Crippen molar-refractivity contribution in [1.29, 1.82) is 0 Å². The molecule has 0 aromatic heterocycles. The molecule has 1 saturated carbocycles.